The Balaban J connectivity index is 4.39. The van der Waals surface area contributed by atoms with Crippen LogP contribution in [0.5, 0.6) is 0 Å². The molecule has 0 amide bonds. The molecule has 0 aliphatic carbocycles. The Morgan fingerprint density at radius 3 is 2.00 bits per heavy atom. The van der Waals surface area contributed by atoms with Crippen molar-refractivity contribution in [1.29, 1.82) is 0 Å². The van der Waals surface area contributed by atoms with Crippen molar-refractivity contribution in [3.05, 3.63) is 22.4 Å². The molecule has 0 heterocycles. The summed E-state index contributed by atoms with van der Waals surface area (Å²) in [5, 5.41) is 10.7. The number of nitrogens with zero attached hydrogens (tertiary/aromatic N) is 2. The van der Waals surface area contributed by atoms with Gasteiger partial charge in [0.15, 0.2) is 5.03 Å². The maximum Gasteiger partial charge on any atom is 0.164 e. The third-order valence-electron chi connectivity index (χ3n) is 1.50. The molecule has 4 nitrogen and oxygen atoms in total. The molecule has 11 heavy (non-hydrogen) atoms. The van der Waals surface area contributed by atoms with E-state index >= 15 is 0 Å². The van der Waals surface area contributed by atoms with E-state index in [1.807, 2.05) is 20.8 Å². The Morgan fingerprint density at radius 1 is 1.55 bits per heavy atom. The van der Waals surface area contributed by atoms with Crippen LogP contribution < -0.4 is 0 Å². The maximum absolute atomic E-state index is 10.3. The minimum atomic E-state index is -0.479. The summed E-state index contributed by atoms with van der Waals surface area (Å²) in [5.74, 6) is 0. The number of hydrogen-bond donors (Lipinski definition) is 0. The first kappa shape index (κ1) is 9.94. The van der Waals surface area contributed by atoms with Gasteiger partial charge in [-0.2, -0.15) is 0 Å². The molecule has 0 fully saturated rings. The quantitative estimate of drug-likeness (QED) is 0.453. The standard InChI is InChI=1S/C7H14N2O2/c1-6(7(2,3)4)8(5)9(10)11/h1H2,2-5H3. The van der Waals surface area contributed by atoms with Crippen LogP contribution in [-0.4, -0.2) is 17.1 Å². The van der Waals surface area contributed by atoms with Gasteiger partial charge in [0, 0.05) is 5.41 Å². The van der Waals surface area contributed by atoms with E-state index in [-0.39, 0.29) is 5.41 Å². The lowest BCUT2D eigenvalue weighted by atomic mass is 9.93. The van der Waals surface area contributed by atoms with E-state index in [4.69, 9.17) is 0 Å². The average Bonchev–Trinajstić information content (AvgIpc) is 1.82. The van der Waals surface area contributed by atoms with Gasteiger partial charge in [0.1, 0.15) is 0 Å². The van der Waals surface area contributed by atoms with Crippen LogP contribution in [0, 0.1) is 15.5 Å². The normalized spacial score (nSPS) is 10.9. The summed E-state index contributed by atoms with van der Waals surface area (Å²) in [5.41, 5.74) is 0.254. The molecule has 0 aromatic heterocycles. The van der Waals surface area contributed by atoms with Gasteiger partial charge < -0.3 is 0 Å². The van der Waals surface area contributed by atoms with E-state index in [1.54, 1.807) is 0 Å². The van der Waals surface area contributed by atoms with E-state index in [1.165, 1.54) is 7.05 Å². The number of nitro groups is 1. The molecule has 0 aliphatic rings. The molecule has 0 N–H and O–H groups in total. The molecule has 0 saturated carbocycles. The Hall–Kier alpha value is -1.06. The second-order valence-electron chi connectivity index (χ2n) is 3.46. The monoisotopic (exact) mass is 158 g/mol. The summed E-state index contributed by atoms with van der Waals surface area (Å²) in [7, 11) is 1.40. The van der Waals surface area contributed by atoms with Crippen LogP contribution in [-0.2, 0) is 0 Å². The third kappa shape index (κ3) is 2.57. The van der Waals surface area contributed by atoms with Crippen molar-refractivity contribution in [2.45, 2.75) is 20.8 Å². The molecule has 0 atom stereocenters. The number of allylic oxidation sites excluding steroid dienone is 1. The van der Waals surface area contributed by atoms with E-state index < -0.39 is 5.03 Å². The topological polar surface area (TPSA) is 46.4 Å². The lowest BCUT2D eigenvalue weighted by molar-refractivity contribution is -0.639. The van der Waals surface area contributed by atoms with Crippen molar-refractivity contribution in [3.8, 4) is 0 Å². The van der Waals surface area contributed by atoms with Crippen LogP contribution in [0.4, 0.5) is 0 Å². The number of rotatable bonds is 2. The van der Waals surface area contributed by atoms with Crippen molar-refractivity contribution in [2.24, 2.45) is 5.41 Å². The zero-order valence-electron chi connectivity index (χ0n) is 7.42. The fourth-order valence-electron chi connectivity index (χ4n) is 0.584. The van der Waals surface area contributed by atoms with Gasteiger partial charge in [-0.05, 0) is 0 Å². The maximum atomic E-state index is 10.3. The average molecular weight is 158 g/mol. The van der Waals surface area contributed by atoms with Crippen molar-refractivity contribution in [2.75, 3.05) is 7.05 Å². The van der Waals surface area contributed by atoms with Gasteiger partial charge in [0.05, 0.1) is 12.7 Å². The zero-order chi connectivity index (χ0) is 9.23. The van der Waals surface area contributed by atoms with E-state index in [2.05, 4.69) is 6.58 Å². The highest BCUT2D eigenvalue weighted by atomic mass is 16.7. The van der Waals surface area contributed by atoms with Gasteiger partial charge in [0.2, 0.25) is 0 Å². The van der Waals surface area contributed by atoms with Crippen molar-refractivity contribution in [3.63, 3.8) is 0 Å². The van der Waals surface area contributed by atoms with Crippen LogP contribution in [0.2, 0.25) is 0 Å². The van der Waals surface area contributed by atoms with Crippen LogP contribution in [0.3, 0.4) is 0 Å². The number of hydrogen-bond acceptors (Lipinski definition) is 2. The van der Waals surface area contributed by atoms with Gasteiger partial charge in [-0.3, -0.25) is 0 Å². The largest absolute Gasteiger partial charge is 0.234 e. The van der Waals surface area contributed by atoms with Crippen molar-refractivity contribution in [1.82, 2.24) is 5.01 Å². The highest BCUT2D eigenvalue weighted by Crippen LogP contribution is 2.25. The fraction of sp³-hybridized carbons (Fsp3) is 0.714. The highest BCUT2D eigenvalue weighted by molar-refractivity contribution is 5.00. The molecular weight excluding hydrogens is 144 g/mol. The first-order chi connectivity index (χ1) is 4.76. The molecule has 0 rings (SSSR count). The van der Waals surface area contributed by atoms with E-state index in [0.29, 0.717) is 5.70 Å². The minimum absolute atomic E-state index is 0.248. The molecule has 0 aliphatic heterocycles. The second kappa shape index (κ2) is 2.90. The van der Waals surface area contributed by atoms with Crippen LogP contribution >= 0.6 is 0 Å². The Labute approximate surface area is 66.6 Å². The summed E-state index contributed by atoms with van der Waals surface area (Å²) in [4.78, 5) is 10.3. The van der Waals surface area contributed by atoms with Crippen LogP contribution in [0.1, 0.15) is 20.8 Å². The molecule has 0 radical (unpaired) electrons. The molecule has 0 aromatic carbocycles. The summed E-state index contributed by atoms with van der Waals surface area (Å²) >= 11 is 0. The fourth-order valence-corrected chi connectivity index (χ4v) is 0.584. The van der Waals surface area contributed by atoms with Gasteiger partial charge in [-0.1, -0.05) is 27.4 Å². The predicted molar refractivity (Wildman–Crippen MR) is 43.4 cm³/mol. The SMILES string of the molecule is C=C(N(C)[N+](=O)[O-])C(C)(C)C. The second-order valence-corrected chi connectivity index (χ2v) is 3.46. The summed E-state index contributed by atoms with van der Waals surface area (Å²) in [6, 6.07) is 0. The molecule has 0 aromatic rings. The summed E-state index contributed by atoms with van der Waals surface area (Å²) < 4.78 is 0. The van der Waals surface area contributed by atoms with Gasteiger partial charge in [-0.25, -0.2) is 10.1 Å². The minimum Gasteiger partial charge on any atom is -0.234 e. The lowest BCUT2D eigenvalue weighted by Crippen LogP contribution is -2.30. The predicted octanol–water partition coefficient (Wildman–Crippen LogP) is 1.67. The van der Waals surface area contributed by atoms with Crippen molar-refractivity contribution < 1.29 is 5.03 Å². The van der Waals surface area contributed by atoms with Crippen LogP contribution in [0.25, 0.3) is 0 Å². The zero-order valence-corrected chi connectivity index (χ0v) is 7.42. The van der Waals surface area contributed by atoms with Crippen molar-refractivity contribution >= 4 is 0 Å². The molecule has 4 heteroatoms. The van der Waals surface area contributed by atoms with Crippen LogP contribution in [0.15, 0.2) is 12.3 Å². The lowest BCUT2D eigenvalue weighted by Gasteiger charge is -2.23. The molecule has 0 unspecified atom stereocenters. The Kier molecular flexibility index (Phi) is 2.62. The summed E-state index contributed by atoms with van der Waals surface area (Å²) in [6.07, 6.45) is 0. The van der Waals surface area contributed by atoms with Gasteiger partial charge >= 0.3 is 0 Å². The smallest absolute Gasteiger partial charge is 0.164 e. The molecule has 0 saturated heterocycles. The van der Waals surface area contributed by atoms with Gasteiger partial charge in [-0.15, -0.1) is 5.01 Å². The third-order valence-corrected chi connectivity index (χ3v) is 1.50. The molecule has 64 valence electrons. The first-order valence-electron chi connectivity index (χ1n) is 3.34. The first-order valence-corrected chi connectivity index (χ1v) is 3.34. The summed E-state index contributed by atoms with van der Waals surface area (Å²) in [6.45, 7) is 9.28. The molecule has 0 bridgehead atoms. The van der Waals surface area contributed by atoms with E-state index in [9.17, 15) is 10.1 Å². The Bertz CT molecular complexity index is 181. The Morgan fingerprint density at radius 2 is 1.91 bits per heavy atom. The van der Waals surface area contributed by atoms with Gasteiger partial charge in [0.25, 0.3) is 0 Å². The number of hydrazine groups is 1. The highest BCUT2D eigenvalue weighted by Gasteiger charge is 2.24. The van der Waals surface area contributed by atoms with E-state index in [0.717, 1.165) is 5.01 Å². The molecule has 0 spiro atoms. The molecular formula is C7H14N2O2.